The van der Waals surface area contributed by atoms with Crippen molar-refractivity contribution in [1.82, 2.24) is 0 Å². The first kappa shape index (κ1) is 11.5. The Kier molecular flexibility index (Phi) is 2.51. The molecule has 0 bridgehead atoms. The van der Waals surface area contributed by atoms with E-state index in [1.807, 2.05) is 13.1 Å². The molecule has 2 unspecified atom stereocenters. The van der Waals surface area contributed by atoms with Crippen LogP contribution in [0.1, 0.15) is 36.5 Å². The summed E-state index contributed by atoms with van der Waals surface area (Å²) in [4.78, 5) is 4.42. The van der Waals surface area contributed by atoms with Gasteiger partial charge in [0.2, 0.25) is 0 Å². The van der Waals surface area contributed by atoms with Gasteiger partial charge in [0.1, 0.15) is 0 Å². The molecule has 1 aromatic rings. The Balaban J connectivity index is 2.02. The molecule has 2 aliphatic rings. The van der Waals surface area contributed by atoms with Crippen LogP contribution in [0.4, 0.5) is 0 Å². The number of fused-ring (bicyclic) bond motifs is 3. The van der Waals surface area contributed by atoms with E-state index >= 15 is 0 Å². The predicted molar refractivity (Wildman–Crippen MR) is 77.4 cm³/mol. The average molecular weight is 237 g/mol. The molecule has 0 amide bonds. The molecule has 0 N–H and O–H groups in total. The van der Waals surface area contributed by atoms with Gasteiger partial charge >= 0.3 is 0 Å². The number of nitrogens with zero attached hydrogens (tertiary/aromatic N) is 1. The van der Waals surface area contributed by atoms with E-state index in [4.69, 9.17) is 0 Å². The van der Waals surface area contributed by atoms with Crippen molar-refractivity contribution in [3.8, 4) is 0 Å². The van der Waals surface area contributed by atoms with E-state index in [1.54, 1.807) is 17.2 Å². The van der Waals surface area contributed by atoms with Gasteiger partial charge in [-0.1, -0.05) is 43.9 Å². The summed E-state index contributed by atoms with van der Waals surface area (Å²) >= 11 is 0. The molecule has 0 radical (unpaired) electrons. The molecule has 2 atom stereocenters. The summed E-state index contributed by atoms with van der Waals surface area (Å²) in [6.45, 7) is 6.09. The first-order chi connectivity index (χ1) is 8.75. The standard InChI is InChI=1S/C17H19N/c1-4-5-9-15(18-3)13-7-6-8-14-16(13)17(14)11-10-12(17)2/h4-9,12H,1,10-11H2,2-3H3/b9-5-,18-15?. The van der Waals surface area contributed by atoms with Crippen LogP contribution in [0.5, 0.6) is 0 Å². The fraction of sp³-hybridized carbons (Fsp3) is 0.353. The van der Waals surface area contributed by atoms with Gasteiger partial charge in [0.15, 0.2) is 0 Å². The van der Waals surface area contributed by atoms with E-state index in [0.29, 0.717) is 5.41 Å². The molecule has 3 rings (SSSR count). The van der Waals surface area contributed by atoms with Crippen LogP contribution in [0.15, 0.2) is 48.0 Å². The lowest BCUT2D eigenvalue weighted by Gasteiger charge is -2.35. The van der Waals surface area contributed by atoms with Crippen LogP contribution in [0.2, 0.25) is 0 Å². The minimum atomic E-state index is 0.413. The van der Waals surface area contributed by atoms with Crippen LogP contribution in [0.3, 0.4) is 0 Å². The Labute approximate surface area is 109 Å². The van der Waals surface area contributed by atoms with Crippen molar-refractivity contribution in [2.45, 2.75) is 25.2 Å². The van der Waals surface area contributed by atoms with Crippen molar-refractivity contribution < 1.29 is 0 Å². The zero-order chi connectivity index (χ0) is 12.8. The summed E-state index contributed by atoms with van der Waals surface area (Å²) in [7, 11) is 1.86. The Hall–Kier alpha value is -1.63. The van der Waals surface area contributed by atoms with Gasteiger partial charge in [-0.3, -0.25) is 4.99 Å². The monoisotopic (exact) mass is 237 g/mol. The molecule has 0 saturated heterocycles. The van der Waals surface area contributed by atoms with Crippen LogP contribution >= 0.6 is 0 Å². The SMILES string of the molecule is C=C/C=C\C(=NC)c1cccc2c1C21CCC1C. The topological polar surface area (TPSA) is 12.4 Å². The highest BCUT2D eigenvalue weighted by molar-refractivity contribution is 6.11. The zero-order valence-electron chi connectivity index (χ0n) is 11.1. The van der Waals surface area contributed by atoms with Crippen molar-refractivity contribution in [3.63, 3.8) is 0 Å². The molecule has 1 heteroatoms. The lowest BCUT2D eigenvalue weighted by molar-refractivity contribution is 0.237. The second kappa shape index (κ2) is 3.94. The Bertz CT molecular complexity index is 565. The van der Waals surface area contributed by atoms with Gasteiger partial charge in [-0.25, -0.2) is 0 Å². The summed E-state index contributed by atoms with van der Waals surface area (Å²) in [5.74, 6) is 0.801. The molecule has 18 heavy (non-hydrogen) atoms. The maximum atomic E-state index is 4.42. The Morgan fingerprint density at radius 2 is 2.33 bits per heavy atom. The fourth-order valence-electron chi connectivity index (χ4n) is 3.45. The normalized spacial score (nSPS) is 29.2. The highest BCUT2D eigenvalue weighted by Crippen LogP contribution is 2.66. The van der Waals surface area contributed by atoms with Crippen LogP contribution < -0.4 is 0 Å². The molecule has 1 spiro atoms. The van der Waals surface area contributed by atoms with Crippen molar-refractivity contribution in [3.05, 3.63) is 59.7 Å². The van der Waals surface area contributed by atoms with Crippen LogP contribution in [-0.4, -0.2) is 12.8 Å². The van der Waals surface area contributed by atoms with Gasteiger partial charge in [0.25, 0.3) is 0 Å². The molecule has 0 aliphatic heterocycles. The summed E-state index contributed by atoms with van der Waals surface area (Å²) in [6, 6.07) is 6.66. The molecule has 0 aromatic heterocycles. The maximum absolute atomic E-state index is 4.42. The van der Waals surface area contributed by atoms with E-state index in [2.05, 4.69) is 42.8 Å². The zero-order valence-corrected chi connectivity index (χ0v) is 11.1. The lowest BCUT2D eigenvalue weighted by Crippen LogP contribution is -2.30. The molecule has 0 heterocycles. The minimum absolute atomic E-state index is 0.413. The molecule has 92 valence electrons. The van der Waals surface area contributed by atoms with Gasteiger partial charge in [-0.15, -0.1) is 0 Å². The van der Waals surface area contributed by atoms with Gasteiger partial charge in [0.05, 0.1) is 5.71 Å². The second-order valence-electron chi connectivity index (χ2n) is 5.34. The molecule has 1 nitrogen and oxygen atoms in total. The first-order valence-corrected chi connectivity index (χ1v) is 6.66. The number of hydrogen-bond acceptors (Lipinski definition) is 1. The van der Waals surface area contributed by atoms with Crippen LogP contribution in [-0.2, 0) is 5.41 Å². The third kappa shape index (κ3) is 1.30. The van der Waals surface area contributed by atoms with Crippen LogP contribution in [0.25, 0.3) is 0 Å². The van der Waals surface area contributed by atoms with E-state index in [0.717, 1.165) is 11.6 Å². The predicted octanol–water partition coefficient (Wildman–Crippen LogP) is 3.88. The molecule has 1 saturated carbocycles. The van der Waals surface area contributed by atoms with E-state index in [9.17, 15) is 0 Å². The molecular weight excluding hydrogens is 218 g/mol. The average Bonchev–Trinajstić information content (AvgIpc) is 3.10. The highest BCUT2D eigenvalue weighted by atomic mass is 14.7. The van der Waals surface area contributed by atoms with E-state index < -0.39 is 0 Å². The van der Waals surface area contributed by atoms with Crippen molar-refractivity contribution >= 4 is 5.71 Å². The van der Waals surface area contributed by atoms with Gasteiger partial charge in [-0.05, 0) is 36.0 Å². The lowest BCUT2D eigenvalue weighted by atomic mass is 9.68. The first-order valence-electron chi connectivity index (χ1n) is 6.66. The van der Waals surface area contributed by atoms with E-state index in [-0.39, 0.29) is 0 Å². The van der Waals surface area contributed by atoms with Gasteiger partial charge in [0, 0.05) is 18.0 Å². The summed E-state index contributed by atoms with van der Waals surface area (Å²) in [5.41, 5.74) is 5.92. The number of aliphatic imine (C=N–C) groups is 1. The number of benzene rings is 1. The van der Waals surface area contributed by atoms with Crippen molar-refractivity contribution in [2.24, 2.45) is 10.9 Å². The van der Waals surface area contributed by atoms with Gasteiger partial charge in [-0.2, -0.15) is 0 Å². The van der Waals surface area contributed by atoms with Crippen molar-refractivity contribution in [1.29, 1.82) is 0 Å². The minimum Gasteiger partial charge on any atom is -0.288 e. The summed E-state index contributed by atoms with van der Waals surface area (Å²) in [5, 5.41) is 0. The Morgan fingerprint density at radius 1 is 1.50 bits per heavy atom. The maximum Gasteiger partial charge on any atom is 0.0646 e. The molecular formula is C17H19N. The fourth-order valence-corrected chi connectivity index (χ4v) is 3.45. The Morgan fingerprint density at radius 3 is 2.89 bits per heavy atom. The number of allylic oxidation sites excluding steroid dienone is 3. The molecule has 1 aromatic carbocycles. The number of rotatable bonds is 3. The summed E-state index contributed by atoms with van der Waals surface area (Å²) in [6.07, 6.45) is 8.49. The number of hydrogen-bond donors (Lipinski definition) is 0. The van der Waals surface area contributed by atoms with Crippen molar-refractivity contribution in [2.75, 3.05) is 7.05 Å². The molecule has 1 fully saturated rings. The smallest absolute Gasteiger partial charge is 0.0646 e. The highest BCUT2D eigenvalue weighted by Gasteiger charge is 2.60. The van der Waals surface area contributed by atoms with Crippen LogP contribution in [0, 0.1) is 5.92 Å². The summed E-state index contributed by atoms with van der Waals surface area (Å²) < 4.78 is 0. The largest absolute Gasteiger partial charge is 0.288 e. The van der Waals surface area contributed by atoms with E-state index in [1.165, 1.54) is 18.4 Å². The third-order valence-electron chi connectivity index (χ3n) is 4.65. The quantitative estimate of drug-likeness (QED) is 0.559. The second-order valence-corrected chi connectivity index (χ2v) is 5.34. The third-order valence-corrected chi connectivity index (χ3v) is 4.65. The molecule has 2 aliphatic carbocycles. The van der Waals surface area contributed by atoms with Gasteiger partial charge < -0.3 is 0 Å².